The minimum atomic E-state index is -0.348. The zero-order valence-corrected chi connectivity index (χ0v) is 11.9. The zero-order valence-electron chi connectivity index (χ0n) is 10.3. The van der Waals surface area contributed by atoms with Crippen LogP contribution in [0.4, 0.5) is 5.69 Å². The van der Waals surface area contributed by atoms with Crippen molar-refractivity contribution in [3.05, 3.63) is 52.8 Å². The van der Waals surface area contributed by atoms with Crippen molar-refractivity contribution >= 4 is 27.5 Å². The van der Waals surface area contributed by atoms with Crippen molar-refractivity contribution in [2.75, 3.05) is 11.9 Å². The molecule has 0 atom stereocenters. The van der Waals surface area contributed by atoms with Gasteiger partial charge in [0.1, 0.15) is 22.1 Å². The molecule has 1 heterocycles. The van der Waals surface area contributed by atoms with Crippen molar-refractivity contribution in [2.45, 2.75) is 0 Å². The fourth-order valence-corrected chi connectivity index (χ4v) is 1.87. The molecule has 0 saturated carbocycles. The molecule has 5 nitrogen and oxygen atoms in total. The van der Waals surface area contributed by atoms with E-state index in [1.54, 1.807) is 42.5 Å². The van der Waals surface area contributed by atoms with E-state index in [4.69, 9.17) is 10.00 Å². The molecule has 20 heavy (non-hydrogen) atoms. The number of carbonyl (C=O) groups is 1. The van der Waals surface area contributed by atoms with Crippen molar-refractivity contribution < 1.29 is 9.53 Å². The molecule has 0 fully saturated rings. The predicted molar refractivity (Wildman–Crippen MR) is 77.4 cm³/mol. The number of halogens is 1. The Labute approximate surface area is 124 Å². The number of nitriles is 1. The van der Waals surface area contributed by atoms with Gasteiger partial charge in [-0.25, -0.2) is 4.98 Å². The molecule has 0 aliphatic carbocycles. The molecule has 0 aliphatic heterocycles. The fraction of sp³-hybridized carbons (Fsp3) is 0.0714. The van der Waals surface area contributed by atoms with E-state index in [1.165, 1.54) is 0 Å². The highest BCUT2D eigenvalue weighted by molar-refractivity contribution is 9.10. The van der Waals surface area contributed by atoms with Gasteiger partial charge in [0.25, 0.3) is 5.91 Å². The van der Waals surface area contributed by atoms with Gasteiger partial charge in [-0.2, -0.15) is 5.26 Å². The summed E-state index contributed by atoms with van der Waals surface area (Å²) in [5.41, 5.74) is 0.781. The van der Waals surface area contributed by atoms with Crippen molar-refractivity contribution in [3.8, 4) is 11.8 Å². The van der Waals surface area contributed by atoms with Crippen LogP contribution in [0.1, 0.15) is 10.5 Å². The molecule has 1 amide bonds. The van der Waals surface area contributed by atoms with Crippen LogP contribution in [-0.2, 0) is 0 Å². The number of para-hydroxylation sites is 2. The van der Waals surface area contributed by atoms with Gasteiger partial charge < -0.3 is 10.1 Å². The average Bonchev–Trinajstić information content (AvgIpc) is 2.46. The van der Waals surface area contributed by atoms with E-state index in [1.807, 2.05) is 6.07 Å². The number of hydrogen-bond acceptors (Lipinski definition) is 4. The third kappa shape index (κ3) is 3.56. The van der Waals surface area contributed by atoms with Gasteiger partial charge in [-0.05, 0) is 40.2 Å². The molecular formula is C14H10BrN3O2. The summed E-state index contributed by atoms with van der Waals surface area (Å²) < 4.78 is 5.82. The summed E-state index contributed by atoms with van der Waals surface area (Å²) in [5, 5.41) is 11.2. The van der Waals surface area contributed by atoms with Crippen molar-refractivity contribution in [2.24, 2.45) is 0 Å². The third-order valence-corrected chi connectivity index (χ3v) is 2.82. The van der Waals surface area contributed by atoms with Gasteiger partial charge >= 0.3 is 0 Å². The number of benzene rings is 1. The van der Waals surface area contributed by atoms with Crippen molar-refractivity contribution in [3.63, 3.8) is 0 Å². The first-order valence-electron chi connectivity index (χ1n) is 5.73. The van der Waals surface area contributed by atoms with Crippen LogP contribution in [0.5, 0.6) is 5.75 Å². The Balaban J connectivity index is 2.18. The molecule has 1 aromatic heterocycles. The van der Waals surface area contributed by atoms with Crippen LogP contribution in [-0.4, -0.2) is 17.5 Å². The van der Waals surface area contributed by atoms with E-state index in [9.17, 15) is 4.79 Å². The standard InChI is InChI=1S/C14H10BrN3O2/c15-13-7-3-5-11(17-13)14(19)18-10-4-1-2-6-12(10)20-9-8-16/h1-7H,9H2,(H,18,19). The highest BCUT2D eigenvalue weighted by atomic mass is 79.9. The number of nitrogens with zero attached hydrogens (tertiary/aromatic N) is 2. The van der Waals surface area contributed by atoms with Gasteiger partial charge in [0, 0.05) is 0 Å². The van der Waals surface area contributed by atoms with Gasteiger partial charge in [0.15, 0.2) is 6.61 Å². The van der Waals surface area contributed by atoms with Crippen LogP contribution < -0.4 is 10.1 Å². The second kappa shape index (κ2) is 6.68. The molecule has 1 N–H and O–H groups in total. The smallest absolute Gasteiger partial charge is 0.274 e. The number of nitrogens with one attached hydrogen (secondary N) is 1. The summed E-state index contributed by atoms with van der Waals surface area (Å²) in [6.45, 7) is -0.0813. The van der Waals surface area contributed by atoms with Gasteiger partial charge in [-0.3, -0.25) is 4.79 Å². The summed E-state index contributed by atoms with van der Waals surface area (Å²) in [4.78, 5) is 16.1. The van der Waals surface area contributed by atoms with E-state index >= 15 is 0 Å². The molecule has 0 unspecified atom stereocenters. The second-order valence-electron chi connectivity index (χ2n) is 3.74. The lowest BCUT2D eigenvalue weighted by atomic mass is 10.2. The number of anilines is 1. The summed E-state index contributed by atoms with van der Waals surface area (Å²) in [7, 11) is 0. The quantitative estimate of drug-likeness (QED) is 0.874. The Morgan fingerprint density at radius 3 is 2.85 bits per heavy atom. The van der Waals surface area contributed by atoms with Gasteiger partial charge in [0.2, 0.25) is 0 Å². The molecule has 2 rings (SSSR count). The molecule has 1 aromatic carbocycles. The van der Waals surface area contributed by atoms with Crippen LogP contribution in [0.3, 0.4) is 0 Å². The largest absolute Gasteiger partial charge is 0.477 e. The van der Waals surface area contributed by atoms with E-state index < -0.39 is 0 Å². The number of amides is 1. The van der Waals surface area contributed by atoms with Crippen molar-refractivity contribution in [1.82, 2.24) is 4.98 Å². The minimum Gasteiger partial charge on any atom is -0.477 e. The zero-order chi connectivity index (χ0) is 14.4. The number of pyridine rings is 1. The maximum atomic E-state index is 12.1. The summed E-state index contributed by atoms with van der Waals surface area (Å²) >= 11 is 3.21. The van der Waals surface area contributed by atoms with E-state index in [-0.39, 0.29) is 18.2 Å². The Kier molecular flexibility index (Phi) is 4.69. The summed E-state index contributed by atoms with van der Waals surface area (Å²) in [5.74, 6) is 0.0942. The maximum absolute atomic E-state index is 12.1. The van der Waals surface area contributed by atoms with Gasteiger partial charge in [-0.1, -0.05) is 18.2 Å². The SMILES string of the molecule is N#CCOc1ccccc1NC(=O)c1cccc(Br)n1. The molecule has 0 bridgehead atoms. The Bertz CT molecular complexity index is 667. The minimum absolute atomic E-state index is 0.0813. The highest BCUT2D eigenvalue weighted by Crippen LogP contribution is 2.24. The van der Waals surface area contributed by atoms with Crippen LogP contribution >= 0.6 is 15.9 Å². The third-order valence-electron chi connectivity index (χ3n) is 2.38. The number of rotatable bonds is 4. The Morgan fingerprint density at radius 1 is 1.30 bits per heavy atom. The van der Waals surface area contributed by atoms with Crippen LogP contribution in [0.15, 0.2) is 47.1 Å². The number of aromatic nitrogens is 1. The topological polar surface area (TPSA) is 75.0 Å². The lowest BCUT2D eigenvalue weighted by molar-refractivity contribution is 0.102. The molecule has 0 saturated heterocycles. The first-order valence-corrected chi connectivity index (χ1v) is 6.52. The predicted octanol–water partition coefficient (Wildman–Crippen LogP) is 3.00. The van der Waals surface area contributed by atoms with Crippen molar-refractivity contribution in [1.29, 1.82) is 5.26 Å². The van der Waals surface area contributed by atoms with Crippen LogP contribution in [0, 0.1) is 11.3 Å². The fourth-order valence-electron chi connectivity index (χ4n) is 1.53. The molecule has 2 aromatic rings. The number of carbonyl (C=O) groups excluding carboxylic acids is 1. The average molecular weight is 332 g/mol. The normalized spacial score (nSPS) is 9.60. The monoisotopic (exact) mass is 331 g/mol. The second-order valence-corrected chi connectivity index (χ2v) is 4.56. The Hall–Kier alpha value is -2.39. The Morgan fingerprint density at radius 2 is 2.10 bits per heavy atom. The summed E-state index contributed by atoms with van der Waals surface area (Å²) in [6.07, 6.45) is 0. The first kappa shape index (κ1) is 14.0. The van der Waals surface area contributed by atoms with Gasteiger partial charge in [0.05, 0.1) is 5.69 Å². The molecular weight excluding hydrogens is 322 g/mol. The maximum Gasteiger partial charge on any atom is 0.274 e. The molecule has 0 radical (unpaired) electrons. The number of hydrogen-bond donors (Lipinski definition) is 1. The first-order chi connectivity index (χ1) is 9.70. The molecule has 100 valence electrons. The molecule has 0 aliphatic rings. The van der Waals surface area contributed by atoms with Crippen LogP contribution in [0.25, 0.3) is 0 Å². The van der Waals surface area contributed by atoms with E-state index in [0.29, 0.717) is 16.0 Å². The van der Waals surface area contributed by atoms with E-state index in [0.717, 1.165) is 0 Å². The van der Waals surface area contributed by atoms with Gasteiger partial charge in [-0.15, -0.1) is 0 Å². The highest BCUT2D eigenvalue weighted by Gasteiger charge is 2.11. The molecule has 0 spiro atoms. The van der Waals surface area contributed by atoms with E-state index in [2.05, 4.69) is 26.2 Å². The lowest BCUT2D eigenvalue weighted by Crippen LogP contribution is -2.14. The summed E-state index contributed by atoms with van der Waals surface area (Å²) in [6, 6.07) is 13.9. The lowest BCUT2D eigenvalue weighted by Gasteiger charge is -2.10. The number of ether oxygens (including phenoxy) is 1. The molecule has 6 heteroatoms. The van der Waals surface area contributed by atoms with Crippen LogP contribution in [0.2, 0.25) is 0 Å².